The molecule has 0 radical (unpaired) electrons. The number of aromatic nitrogens is 3. The molecule has 0 unspecified atom stereocenters. The summed E-state index contributed by atoms with van der Waals surface area (Å²) >= 11 is 0. The van der Waals surface area contributed by atoms with Gasteiger partial charge in [-0.1, -0.05) is 50.1 Å². The molecule has 2 heterocycles. The lowest BCUT2D eigenvalue weighted by atomic mass is 10.0. The third-order valence-electron chi connectivity index (χ3n) is 6.44. The molecule has 2 N–H and O–H groups in total. The molecule has 0 saturated carbocycles. The van der Waals surface area contributed by atoms with Crippen LogP contribution in [0.2, 0.25) is 0 Å². The Hall–Kier alpha value is -4.58. The number of hydrogen-bond donors (Lipinski definition) is 2. The summed E-state index contributed by atoms with van der Waals surface area (Å²) in [5.74, 6) is 0.685. The molecule has 6 heteroatoms. The van der Waals surface area contributed by atoms with E-state index in [1.165, 1.54) is 16.7 Å². The smallest absolute Gasteiger partial charge is 0.113 e. The second-order valence-electron chi connectivity index (χ2n) is 9.24. The van der Waals surface area contributed by atoms with E-state index >= 15 is 0 Å². The van der Waals surface area contributed by atoms with Crippen molar-refractivity contribution in [3.8, 4) is 5.69 Å². The Balaban J connectivity index is 1.37. The van der Waals surface area contributed by atoms with Gasteiger partial charge in [-0.25, -0.2) is 0 Å². The van der Waals surface area contributed by atoms with Gasteiger partial charge < -0.3 is 15.5 Å². The first kappa shape index (κ1) is 23.2. The van der Waals surface area contributed by atoms with Crippen molar-refractivity contribution in [2.24, 2.45) is 0 Å². The van der Waals surface area contributed by atoms with Gasteiger partial charge in [0.05, 0.1) is 5.69 Å². The topological polar surface area (TPSA) is 58.0 Å². The number of anilines is 1. The minimum absolute atomic E-state index is 0.685. The monoisotopic (exact) mass is 474 g/mol. The SMILES string of the molecule is C=C1NC(=C)C(=Cc2ccc(N(C)Cc3cc(C)cc(-n4nc5ccccc5n4)c3C)cc2)C(=C)N1. The summed E-state index contributed by atoms with van der Waals surface area (Å²) in [6.07, 6.45) is 2.07. The first-order valence-electron chi connectivity index (χ1n) is 11.9. The third kappa shape index (κ3) is 4.53. The summed E-state index contributed by atoms with van der Waals surface area (Å²) in [7, 11) is 2.11. The van der Waals surface area contributed by atoms with E-state index < -0.39 is 0 Å². The van der Waals surface area contributed by atoms with Crippen molar-refractivity contribution in [1.29, 1.82) is 0 Å². The fourth-order valence-corrected chi connectivity index (χ4v) is 4.48. The molecule has 0 atom stereocenters. The van der Waals surface area contributed by atoms with E-state index in [1.54, 1.807) is 4.80 Å². The summed E-state index contributed by atoms with van der Waals surface area (Å²) in [6, 6.07) is 20.8. The molecule has 1 aromatic heterocycles. The molecule has 1 aliphatic heterocycles. The van der Waals surface area contributed by atoms with Gasteiger partial charge in [0.1, 0.15) is 16.9 Å². The molecule has 4 aromatic rings. The van der Waals surface area contributed by atoms with Crippen LogP contribution in [0.15, 0.2) is 103 Å². The molecule has 0 bridgehead atoms. The van der Waals surface area contributed by atoms with E-state index in [0.29, 0.717) is 5.82 Å². The van der Waals surface area contributed by atoms with Gasteiger partial charge in [-0.05, 0) is 72.5 Å². The number of benzene rings is 3. The lowest BCUT2D eigenvalue weighted by Crippen LogP contribution is -2.32. The van der Waals surface area contributed by atoms with E-state index in [9.17, 15) is 0 Å². The molecule has 1 saturated heterocycles. The number of nitrogens with zero attached hydrogens (tertiary/aromatic N) is 4. The molecule has 0 spiro atoms. The van der Waals surface area contributed by atoms with Gasteiger partial charge in [-0.2, -0.15) is 4.80 Å². The van der Waals surface area contributed by atoms with Gasteiger partial charge in [0.2, 0.25) is 0 Å². The largest absolute Gasteiger partial charge is 0.370 e. The maximum Gasteiger partial charge on any atom is 0.113 e. The number of nitrogens with one attached hydrogen (secondary N) is 2. The summed E-state index contributed by atoms with van der Waals surface area (Å²) in [6.45, 7) is 17.1. The van der Waals surface area contributed by atoms with E-state index in [1.807, 2.05) is 24.3 Å². The highest BCUT2D eigenvalue weighted by Gasteiger charge is 2.16. The van der Waals surface area contributed by atoms with Crippen molar-refractivity contribution in [2.45, 2.75) is 20.4 Å². The highest BCUT2D eigenvalue weighted by Crippen LogP contribution is 2.26. The van der Waals surface area contributed by atoms with E-state index in [0.717, 1.165) is 51.5 Å². The Labute approximate surface area is 211 Å². The van der Waals surface area contributed by atoms with E-state index in [4.69, 9.17) is 10.2 Å². The van der Waals surface area contributed by atoms with Crippen molar-refractivity contribution >= 4 is 22.8 Å². The lowest BCUT2D eigenvalue weighted by molar-refractivity contribution is 0.755. The van der Waals surface area contributed by atoms with Gasteiger partial charge in [0.25, 0.3) is 0 Å². The molecule has 0 amide bonds. The minimum atomic E-state index is 0.685. The molecule has 36 heavy (non-hydrogen) atoms. The predicted molar refractivity (Wildman–Crippen MR) is 149 cm³/mol. The Morgan fingerprint density at radius 2 is 1.50 bits per heavy atom. The van der Waals surface area contributed by atoms with Gasteiger partial charge in [-0.15, -0.1) is 10.2 Å². The standard InChI is InChI=1S/C30H30N6/c1-19-15-25(20(2)30(16-19)36-33-28-9-7-8-10-29(28)34-36)18-35(6)26-13-11-24(12-14-26)17-27-21(3)31-23(5)32-22(27)4/h7-17,31-32H,3-5,18H2,1-2,6H3. The average molecular weight is 475 g/mol. The second-order valence-corrected chi connectivity index (χ2v) is 9.24. The summed E-state index contributed by atoms with van der Waals surface area (Å²) in [5.41, 5.74) is 11.1. The normalized spacial score (nSPS) is 13.5. The van der Waals surface area contributed by atoms with Crippen LogP contribution in [0.3, 0.4) is 0 Å². The Morgan fingerprint density at radius 3 is 2.11 bits per heavy atom. The van der Waals surface area contributed by atoms with Crippen LogP contribution in [-0.2, 0) is 6.54 Å². The molecular weight excluding hydrogens is 444 g/mol. The molecule has 5 rings (SSSR count). The Kier molecular flexibility index (Phi) is 5.94. The first-order valence-corrected chi connectivity index (χ1v) is 11.9. The van der Waals surface area contributed by atoms with E-state index in [2.05, 4.69) is 98.6 Å². The molecule has 6 nitrogen and oxygen atoms in total. The van der Waals surface area contributed by atoms with Gasteiger partial charge in [0, 0.05) is 36.2 Å². The molecular formula is C30H30N6. The van der Waals surface area contributed by atoms with Crippen molar-refractivity contribution in [3.05, 3.63) is 125 Å². The molecule has 0 aliphatic carbocycles. The number of aryl methyl sites for hydroxylation is 1. The maximum absolute atomic E-state index is 4.70. The summed E-state index contributed by atoms with van der Waals surface area (Å²) < 4.78 is 0. The number of rotatable bonds is 5. The second kappa shape index (κ2) is 9.23. The molecule has 1 fully saturated rings. The van der Waals surface area contributed by atoms with Crippen LogP contribution in [0.5, 0.6) is 0 Å². The van der Waals surface area contributed by atoms with Crippen LogP contribution in [0.4, 0.5) is 5.69 Å². The molecule has 180 valence electrons. The van der Waals surface area contributed by atoms with Gasteiger partial charge >= 0.3 is 0 Å². The zero-order valence-electron chi connectivity index (χ0n) is 21.0. The van der Waals surface area contributed by atoms with Crippen LogP contribution >= 0.6 is 0 Å². The Morgan fingerprint density at radius 1 is 0.889 bits per heavy atom. The quantitative estimate of drug-likeness (QED) is 0.386. The fraction of sp³-hybridized carbons (Fsp3) is 0.133. The van der Waals surface area contributed by atoms with Crippen LogP contribution in [0.1, 0.15) is 22.3 Å². The first-order chi connectivity index (χ1) is 17.3. The third-order valence-corrected chi connectivity index (χ3v) is 6.44. The van der Waals surface area contributed by atoms with Crippen molar-refractivity contribution < 1.29 is 0 Å². The highest BCUT2D eigenvalue weighted by atomic mass is 15.5. The van der Waals surface area contributed by atoms with Crippen LogP contribution in [0.25, 0.3) is 22.8 Å². The Bertz CT molecular complexity index is 1480. The van der Waals surface area contributed by atoms with Crippen LogP contribution in [0, 0.1) is 13.8 Å². The molecule has 3 aromatic carbocycles. The maximum atomic E-state index is 4.70. The number of fused-ring (bicyclic) bond motifs is 1. The minimum Gasteiger partial charge on any atom is -0.370 e. The zero-order chi connectivity index (χ0) is 25.4. The lowest BCUT2D eigenvalue weighted by Gasteiger charge is -2.25. The van der Waals surface area contributed by atoms with Crippen LogP contribution < -0.4 is 15.5 Å². The zero-order valence-corrected chi connectivity index (χ0v) is 21.0. The highest BCUT2D eigenvalue weighted by molar-refractivity contribution is 5.73. The van der Waals surface area contributed by atoms with Gasteiger partial charge in [0.15, 0.2) is 0 Å². The number of hydrogen-bond acceptors (Lipinski definition) is 5. The van der Waals surface area contributed by atoms with E-state index in [-0.39, 0.29) is 0 Å². The average Bonchev–Trinajstić information content (AvgIpc) is 3.28. The predicted octanol–water partition coefficient (Wildman–Crippen LogP) is 5.75. The van der Waals surface area contributed by atoms with Crippen molar-refractivity contribution in [2.75, 3.05) is 11.9 Å². The van der Waals surface area contributed by atoms with Crippen LogP contribution in [-0.4, -0.2) is 22.0 Å². The van der Waals surface area contributed by atoms with Crippen molar-refractivity contribution in [1.82, 2.24) is 25.6 Å². The van der Waals surface area contributed by atoms with Gasteiger partial charge in [-0.3, -0.25) is 0 Å². The fourth-order valence-electron chi connectivity index (χ4n) is 4.48. The summed E-state index contributed by atoms with van der Waals surface area (Å²) in [4.78, 5) is 4.01. The summed E-state index contributed by atoms with van der Waals surface area (Å²) in [5, 5.41) is 15.6. The molecule has 1 aliphatic rings. The van der Waals surface area contributed by atoms with Crippen molar-refractivity contribution in [3.63, 3.8) is 0 Å².